The Morgan fingerprint density at radius 1 is 0.424 bits per heavy atom. The largest absolute Gasteiger partial charge is 0.458 e. The van der Waals surface area contributed by atoms with Crippen molar-refractivity contribution in [3.63, 3.8) is 0 Å². The lowest BCUT2D eigenvalue weighted by Crippen LogP contribution is -2.57. The zero-order valence-corrected chi connectivity index (χ0v) is 33.7. The number of hydrogen-bond donors (Lipinski definition) is 0. The lowest BCUT2D eigenvalue weighted by atomic mass is 9.35. The Labute approximate surface area is 346 Å². The van der Waals surface area contributed by atoms with Gasteiger partial charge in [0.15, 0.2) is 0 Å². The minimum Gasteiger partial charge on any atom is -0.458 e. The molecular weight excluding hydrogens is 723 g/mol. The minimum atomic E-state index is -0.190. The van der Waals surface area contributed by atoms with E-state index in [4.69, 9.17) is 19.5 Å². The van der Waals surface area contributed by atoms with Crippen molar-refractivity contribution in [2.45, 2.75) is 38.8 Å². The number of amidine groups is 2. The van der Waals surface area contributed by atoms with Gasteiger partial charge in [0, 0.05) is 41.1 Å². The highest BCUT2D eigenvalue weighted by atomic mass is 16.5. The Morgan fingerprint density at radius 3 is 1.29 bits per heavy atom. The van der Waals surface area contributed by atoms with Gasteiger partial charge in [-0.25, -0.2) is 0 Å². The van der Waals surface area contributed by atoms with E-state index in [1.807, 2.05) is 6.07 Å². The first-order valence-corrected chi connectivity index (χ1v) is 20.5. The van der Waals surface area contributed by atoms with Crippen LogP contribution in [-0.4, -0.2) is 42.6 Å². The second-order valence-corrected chi connectivity index (χ2v) is 17.3. The maximum atomic E-state index is 6.72. The van der Waals surface area contributed by atoms with Crippen LogP contribution in [0.1, 0.15) is 38.8 Å². The Balaban J connectivity index is 0.927. The second-order valence-electron chi connectivity index (χ2n) is 17.3. The van der Waals surface area contributed by atoms with Crippen LogP contribution in [0, 0.1) is 0 Å². The van der Waals surface area contributed by atoms with Gasteiger partial charge in [-0.3, -0.25) is 9.98 Å². The van der Waals surface area contributed by atoms with Crippen molar-refractivity contribution in [3.05, 3.63) is 175 Å². The molecule has 0 N–H and O–H groups in total. The number of aliphatic imine (C=N–C) groups is 2. The molecule has 0 spiro atoms. The summed E-state index contributed by atoms with van der Waals surface area (Å²) in [7, 11) is 0. The molecule has 0 fully saturated rings. The van der Waals surface area contributed by atoms with Crippen molar-refractivity contribution in [2.75, 3.05) is 22.9 Å². The molecule has 0 atom stereocenters. The van der Waals surface area contributed by atoms with Gasteiger partial charge in [-0.2, -0.15) is 0 Å². The zero-order valence-electron chi connectivity index (χ0n) is 33.7. The molecule has 11 rings (SSSR count). The molecule has 0 unspecified atom stereocenters. The van der Waals surface area contributed by atoms with Gasteiger partial charge >= 0.3 is 0 Å². The molecule has 286 valence electrons. The Kier molecular flexibility index (Phi) is 7.99. The fraction of sp³-hybridized carbons (Fsp3) is 0.154. The number of rotatable bonds is 6. The van der Waals surface area contributed by atoms with Crippen LogP contribution in [0.5, 0.6) is 23.0 Å². The number of nitrogens with zero attached hydrogens (tertiary/aromatic N) is 4. The van der Waals surface area contributed by atoms with Crippen LogP contribution in [0.15, 0.2) is 174 Å². The maximum Gasteiger partial charge on any atom is 0.260 e. The van der Waals surface area contributed by atoms with E-state index in [9.17, 15) is 0 Å². The van der Waals surface area contributed by atoms with Crippen molar-refractivity contribution in [2.24, 2.45) is 9.98 Å². The third-order valence-electron chi connectivity index (χ3n) is 11.9. The van der Waals surface area contributed by atoms with Crippen molar-refractivity contribution < 1.29 is 9.47 Å². The van der Waals surface area contributed by atoms with E-state index in [2.05, 4.69) is 195 Å². The maximum absolute atomic E-state index is 6.72. The number of anilines is 2. The summed E-state index contributed by atoms with van der Waals surface area (Å²) >= 11 is 0. The molecular formula is C52H43BN4O2. The average molecular weight is 767 g/mol. The van der Waals surface area contributed by atoms with Crippen LogP contribution in [0.3, 0.4) is 0 Å². The molecule has 0 bridgehead atoms. The van der Waals surface area contributed by atoms with Gasteiger partial charge in [-0.1, -0.05) is 115 Å². The molecule has 6 nitrogen and oxygen atoms in total. The van der Waals surface area contributed by atoms with Crippen molar-refractivity contribution in [3.8, 4) is 45.3 Å². The molecule has 59 heavy (non-hydrogen) atoms. The predicted octanol–water partition coefficient (Wildman–Crippen LogP) is 9.84. The van der Waals surface area contributed by atoms with E-state index in [1.165, 1.54) is 0 Å². The van der Waals surface area contributed by atoms with E-state index >= 15 is 0 Å². The fourth-order valence-electron chi connectivity index (χ4n) is 9.22. The van der Waals surface area contributed by atoms with E-state index < -0.39 is 0 Å². The zero-order chi connectivity index (χ0) is 39.9. The van der Waals surface area contributed by atoms with Gasteiger partial charge in [0.2, 0.25) is 0 Å². The summed E-state index contributed by atoms with van der Waals surface area (Å²) < 4.78 is 13.4. The summed E-state index contributed by atoms with van der Waals surface area (Å²) in [5.41, 5.74) is 11.9. The molecule has 7 aromatic rings. The number of fused-ring (bicyclic) bond motifs is 4. The Hall–Kier alpha value is -6.86. The topological polar surface area (TPSA) is 49.7 Å². The van der Waals surface area contributed by atoms with Crippen molar-refractivity contribution >= 4 is 46.1 Å². The molecule has 0 aromatic heterocycles. The molecule has 4 heterocycles. The quantitative estimate of drug-likeness (QED) is 0.158. The van der Waals surface area contributed by atoms with Gasteiger partial charge in [-0.05, 0) is 109 Å². The number of hydrogen-bond acceptors (Lipinski definition) is 6. The van der Waals surface area contributed by atoms with Crippen molar-refractivity contribution in [1.29, 1.82) is 0 Å². The predicted molar refractivity (Wildman–Crippen MR) is 244 cm³/mol. The molecule has 0 saturated heterocycles. The number of ether oxygens (including phenoxy) is 2. The highest BCUT2D eigenvalue weighted by molar-refractivity contribution is 6.98. The normalized spacial score (nSPS) is 16.6. The fourth-order valence-corrected chi connectivity index (χ4v) is 9.22. The molecule has 7 aromatic carbocycles. The summed E-state index contributed by atoms with van der Waals surface area (Å²) in [6, 6.07) is 58.0. The molecule has 4 aliphatic heterocycles. The summed E-state index contributed by atoms with van der Waals surface area (Å²) in [4.78, 5) is 15.0. The summed E-state index contributed by atoms with van der Waals surface area (Å²) in [6.45, 7) is 10.4. The van der Waals surface area contributed by atoms with Crippen LogP contribution < -0.4 is 35.7 Å². The monoisotopic (exact) mass is 766 g/mol. The number of benzene rings is 7. The minimum absolute atomic E-state index is 0.0255. The van der Waals surface area contributed by atoms with Crippen LogP contribution >= 0.6 is 0 Å². The molecule has 4 aliphatic rings. The smallest absolute Gasteiger partial charge is 0.260 e. The summed E-state index contributed by atoms with van der Waals surface area (Å²) in [5, 5.41) is 0. The van der Waals surface area contributed by atoms with Gasteiger partial charge in [-0.15, -0.1) is 0 Å². The van der Waals surface area contributed by atoms with Crippen LogP contribution in [0.25, 0.3) is 22.3 Å². The van der Waals surface area contributed by atoms with Crippen LogP contribution in [-0.2, 0) is 0 Å². The highest BCUT2D eigenvalue weighted by Crippen LogP contribution is 2.39. The van der Waals surface area contributed by atoms with Gasteiger partial charge < -0.3 is 19.3 Å². The van der Waals surface area contributed by atoms with Crippen molar-refractivity contribution in [1.82, 2.24) is 0 Å². The first-order valence-electron chi connectivity index (χ1n) is 20.5. The molecule has 0 amide bonds. The van der Waals surface area contributed by atoms with Gasteiger partial charge in [0.25, 0.3) is 6.71 Å². The third kappa shape index (κ3) is 6.20. The first kappa shape index (κ1) is 35.3. The van der Waals surface area contributed by atoms with E-state index in [1.54, 1.807) is 0 Å². The molecule has 0 radical (unpaired) electrons. The lowest BCUT2D eigenvalue weighted by molar-refractivity contribution is 0.464. The Morgan fingerprint density at radius 2 is 0.831 bits per heavy atom. The SMILES string of the molecule is CC1(C)CN(c2cccc(-c3ccc4c(c3)Oc3cccc5c3B4c3ccc(-c4cccc(N6CC(C)(C)N=C6c6ccccc6)c4)cc3O5)c2)C(c2ccccc2)=N1. The van der Waals surface area contributed by atoms with Crippen LogP contribution in [0.4, 0.5) is 11.4 Å². The summed E-state index contributed by atoms with van der Waals surface area (Å²) in [5.74, 6) is 5.41. The van der Waals surface area contributed by atoms with E-state index in [-0.39, 0.29) is 17.8 Å². The average Bonchev–Trinajstić information content (AvgIpc) is 3.78. The second kappa shape index (κ2) is 13.4. The summed E-state index contributed by atoms with van der Waals surface area (Å²) in [6.07, 6.45) is 0. The first-order chi connectivity index (χ1) is 28.7. The lowest BCUT2D eigenvalue weighted by Gasteiger charge is -2.33. The van der Waals surface area contributed by atoms with Crippen LogP contribution in [0.2, 0.25) is 0 Å². The highest BCUT2D eigenvalue weighted by Gasteiger charge is 2.40. The van der Waals surface area contributed by atoms with E-state index in [0.29, 0.717) is 0 Å². The molecule has 7 heteroatoms. The van der Waals surface area contributed by atoms with Gasteiger partial charge in [0.1, 0.15) is 34.7 Å². The molecule has 0 aliphatic carbocycles. The molecule has 0 saturated carbocycles. The van der Waals surface area contributed by atoms with E-state index in [0.717, 1.165) is 109 Å². The standard InChI is InChI=1S/C52H43BN4O2/c1-51(2)32-56(49(54-51)34-14-7-5-8-15-34)40-20-11-18-36(28-40)38-24-26-42-46(30-38)58-44-22-13-23-45-48(44)53(42)43-27-25-39(31-47(43)59-45)37-19-12-21-41(29-37)57-33-52(3,4)55-50(57)35-16-9-6-10-17-35/h5-31H,32-33H2,1-4H3. The Bertz CT molecular complexity index is 2680. The van der Waals surface area contributed by atoms with Gasteiger partial charge in [0.05, 0.1) is 11.1 Å². The third-order valence-corrected chi connectivity index (χ3v) is 11.9.